The summed E-state index contributed by atoms with van der Waals surface area (Å²) >= 11 is 0. The second kappa shape index (κ2) is 5.03. The van der Waals surface area contributed by atoms with Gasteiger partial charge in [0.15, 0.2) is 5.76 Å². The number of carboxylic acids is 1. The molecule has 1 aromatic rings. The van der Waals surface area contributed by atoms with E-state index < -0.39 is 17.4 Å². The van der Waals surface area contributed by atoms with Crippen LogP contribution in [0.1, 0.15) is 55.4 Å². The van der Waals surface area contributed by atoms with Crippen molar-refractivity contribution < 1.29 is 19.2 Å². The van der Waals surface area contributed by atoms with E-state index in [9.17, 15) is 14.7 Å². The SMILES string of the molecule is Cc1noc(C(C)C)c1C(=O)N(C)C(C)(C)C(=O)O. The maximum Gasteiger partial charge on any atom is 0.329 e. The molecule has 0 spiro atoms. The Morgan fingerprint density at radius 2 is 1.89 bits per heavy atom. The smallest absolute Gasteiger partial charge is 0.329 e. The minimum Gasteiger partial charge on any atom is -0.480 e. The number of hydrogen-bond donors (Lipinski definition) is 1. The van der Waals surface area contributed by atoms with Crippen LogP contribution in [0.2, 0.25) is 0 Å². The Hall–Kier alpha value is -1.85. The van der Waals surface area contributed by atoms with Crippen LogP contribution in [0.15, 0.2) is 4.52 Å². The zero-order valence-corrected chi connectivity index (χ0v) is 12.1. The quantitative estimate of drug-likeness (QED) is 0.903. The molecule has 1 heterocycles. The number of amides is 1. The summed E-state index contributed by atoms with van der Waals surface area (Å²) in [6.07, 6.45) is 0. The van der Waals surface area contributed by atoms with Gasteiger partial charge in [-0.05, 0) is 20.8 Å². The lowest BCUT2D eigenvalue weighted by atomic mass is 9.99. The first kappa shape index (κ1) is 15.2. The van der Waals surface area contributed by atoms with Crippen molar-refractivity contribution in [3.8, 4) is 0 Å². The van der Waals surface area contributed by atoms with Crippen molar-refractivity contribution in [1.82, 2.24) is 10.1 Å². The third-order valence-electron chi connectivity index (χ3n) is 3.29. The Kier molecular flexibility index (Phi) is 4.03. The summed E-state index contributed by atoms with van der Waals surface area (Å²) in [5.74, 6) is -0.976. The zero-order chi connectivity index (χ0) is 15.0. The zero-order valence-electron chi connectivity index (χ0n) is 12.1. The van der Waals surface area contributed by atoms with E-state index >= 15 is 0 Å². The highest BCUT2D eigenvalue weighted by Crippen LogP contribution is 2.25. The lowest BCUT2D eigenvalue weighted by Crippen LogP contribution is -2.51. The summed E-state index contributed by atoms with van der Waals surface area (Å²) in [5.41, 5.74) is -0.469. The Bertz CT molecular complexity index is 503. The average molecular weight is 268 g/mol. The van der Waals surface area contributed by atoms with Crippen LogP contribution in [0.4, 0.5) is 0 Å². The largest absolute Gasteiger partial charge is 0.480 e. The fraction of sp³-hybridized carbons (Fsp3) is 0.615. The number of aliphatic carboxylic acids is 1. The van der Waals surface area contributed by atoms with Crippen LogP contribution < -0.4 is 0 Å². The van der Waals surface area contributed by atoms with Gasteiger partial charge in [-0.2, -0.15) is 0 Å². The van der Waals surface area contributed by atoms with E-state index in [1.807, 2.05) is 13.8 Å². The number of likely N-dealkylation sites (N-methyl/N-ethyl adjacent to an activating group) is 1. The lowest BCUT2D eigenvalue weighted by molar-refractivity contribution is -0.147. The van der Waals surface area contributed by atoms with Gasteiger partial charge in [0.2, 0.25) is 0 Å². The fourth-order valence-corrected chi connectivity index (χ4v) is 1.61. The van der Waals surface area contributed by atoms with Gasteiger partial charge in [-0.1, -0.05) is 19.0 Å². The second-order valence-corrected chi connectivity index (χ2v) is 5.39. The molecule has 1 aromatic heterocycles. The molecular formula is C13H20N2O4. The molecule has 0 unspecified atom stereocenters. The van der Waals surface area contributed by atoms with Crippen molar-refractivity contribution in [3.05, 3.63) is 17.0 Å². The van der Waals surface area contributed by atoms with Crippen LogP contribution in [0.3, 0.4) is 0 Å². The predicted molar refractivity (Wildman–Crippen MR) is 69.1 cm³/mol. The molecule has 106 valence electrons. The number of carboxylic acid groups (broad SMARTS) is 1. The molecule has 6 heteroatoms. The molecule has 0 saturated carbocycles. The third-order valence-corrected chi connectivity index (χ3v) is 3.29. The van der Waals surface area contributed by atoms with Gasteiger partial charge in [-0.15, -0.1) is 0 Å². The molecule has 6 nitrogen and oxygen atoms in total. The summed E-state index contributed by atoms with van der Waals surface area (Å²) < 4.78 is 5.16. The van der Waals surface area contributed by atoms with Gasteiger partial charge in [-0.25, -0.2) is 4.79 Å². The van der Waals surface area contributed by atoms with Crippen LogP contribution in [-0.2, 0) is 4.79 Å². The van der Waals surface area contributed by atoms with E-state index in [-0.39, 0.29) is 5.92 Å². The number of carbonyl (C=O) groups excluding carboxylic acids is 1. The number of carbonyl (C=O) groups is 2. The summed E-state index contributed by atoms with van der Waals surface area (Å²) in [7, 11) is 1.47. The molecule has 0 radical (unpaired) electrons. The summed E-state index contributed by atoms with van der Waals surface area (Å²) in [6, 6.07) is 0. The number of aryl methyl sites for hydroxylation is 1. The highest BCUT2D eigenvalue weighted by atomic mass is 16.5. The normalized spacial score (nSPS) is 11.7. The van der Waals surface area contributed by atoms with E-state index in [0.717, 1.165) is 0 Å². The average Bonchev–Trinajstić information content (AvgIpc) is 2.69. The van der Waals surface area contributed by atoms with Crippen LogP contribution >= 0.6 is 0 Å². The molecule has 1 amide bonds. The molecule has 0 aliphatic rings. The van der Waals surface area contributed by atoms with Gasteiger partial charge in [0.05, 0.1) is 5.69 Å². The topological polar surface area (TPSA) is 83.6 Å². The lowest BCUT2D eigenvalue weighted by Gasteiger charge is -2.31. The molecule has 1 N–H and O–H groups in total. The van der Waals surface area contributed by atoms with Crippen LogP contribution in [0, 0.1) is 6.92 Å². The molecule has 1 rings (SSSR count). The van der Waals surface area contributed by atoms with Crippen LogP contribution in [0.25, 0.3) is 0 Å². The van der Waals surface area contributed by atoms with Crippen molar-refractivity contribution in [1.29, 1.82) is 0 Å². The van der Waals surface area contributed by atoms with E-state index in [1.54, 1.807) is 6.92 Å². The van der Waals surface area contributed by atoms with Gasteiger partial charge in [0.1, 0.15) is 11.1 Å². The molecular weight excluding hydrogens is 248 g/mol. The number of nitrogens with zero attached hydrogens (tertiary/aromatic N) is 2. The van der Waals surface area contributed by atoms with Crippen molar-refractivity contribution in [2.45, 2.75) is 46.1 Å². The third kappa shape index (κ3) is 2.62. The first-order chi connectivity index (χ1) is 8.60. The fourth-order valence-electron chi connectivity index (χ4n) is 1.61. The van der Waals surface area contributed by atoms with Crippen molar-refractivity contribution >= 4 is 11.9 Å². The van der Waals surface area contributed by atoms with E-state index in [1.165, 1.54) is 25.8 Å². The van der Waals surface area contributed by atoms with Crippen molar-refractivity contribution in [2.75, 3.05) is 7.05 Å². The van der Waals surface area contributed by atoms with Crippen LogP contribution in [0.5, 0.6) is 0 Å². The molecule has 0 aliphatic heterocycles. The maximum absolute atomic E-state index is 12.5. The number of rotatable bonds is 4. The Morgan fingerprint density at radius 3 is 2.32 bits per heavy atom. The minimum atomic E-state index is -1.30. The summed E-state index contributed by atoms with van der Waals surface area (Å²) in [6.45, 7) is 8.40. The highest BCUT2D eigenvalue weighted by molar-refractivity contribution is 5.99. The summed E-state index contributed by atoms with van der Waals surface area (Å²) in [4.78, 5) is 24.9. The molecule has 0 fully saturated rings. The molecule has 0 bridgehead atoms. The standard InChI is InChI=1S/C13H20N2O4/c1-7(2)10-9(8(3)14-19-10)11(16)15(6)13(4,5)12(17)18/h7H,1-6H3,(H,17,18). The first-order valence-corrected chi connectivity index (χ1v) is 6.08. The van der Waals surface area contributed by atoms with Crippen molar-refractivity contribution in [2.24, 2.45) is 0 Å². The molecule has 19 heavy (non-hydrogen) atoms. The number of hydrogen-bond acceptors (Lipinski definition) is 4. The second-order valence-electron chi connectivity index (χ2n) is 5.39. The Balaban J connectivity index is 3.21. The Labute approximate surface area is 112 Å². The van der Waals surface area contributed by atoms with E-state index in [4.69, 9.17) is 4.52 Å². The van der Waals surface area contributed by atoms with Gasteiger partial charge >= 0.3 is 5.97 Å². The minimum absolute atomic E-state index is 0.00138. The molecule has 0 aliphatic carbocycles. The highest BCUT2D eigenvalue weighted by Gasteiger charge is 2.38. The predicted octanol–water partition coefficient (Wildman–Crippen LogP) is 2.04. The van der Waals surface area contributed by atoms with Crippen LogP contribution in [-0.4, -0.2) is 39.6 Å². The molecule has 0 atom stereocenters. The Morgan fingerprint density at radius 1 is 1.37 bits per heavy atom. The monoisotopic (exact) mass is 268 g/mol. The molecule has 0 saturated heterocycles. The van der Waals surface area contributed by atoms with Gasteiger partial charge < -0.3 is 14.5 Å². The van der Waals surface area contributed by atoms with Gasteiger partial charge in [-0.3, -0.25) is 4.79 Å². The van der Waals surface area contributed by atoms with Gasteiger partial charge in [0.25, 0.3) is 5.91 Å². The van der Waals surface area contributed by atoms with Gasteiger partial charge in [0, 0.05) is 13.0 Å². The van der Waals surface area contributed by atoms with E-state index in [0.29, 0.717) is 17.0 Å². The summed E-state index contributed by atoms with van der Waals surface area (Å²) in [5, 5.41) is 13.0. The molecule has 0 aromatic carbocycles. The number of aromatic nitrogens is 1. The van der Waals surface area contributed by atoms with E-state index in [2.05, 4.69) is 5.16 Å². The maximum atomic E-state index is 12.5. The first-order valence-electron chi connectivity index (χ1n) is 6.08. The van der Waals surface area contributed by atoms with Crippen molar-refractivity contribution in [3.63, 3.8) is 0 Å².